The van der Waals surface area contributed by atoms with E-state index in [0.717, 1.165) is 5.69 Å². The number of nitrogens with one attached hydrogen (secondary N) is 1. The van der Waals surface area contributed by atoms with E-state index in [1.165, 1.54) is 0 Å². The summed E-state index contributed by atoms with van der Waals surface area (Å²) in [6.45, 7) is 5.40. The molecule has 0 aliphatic carbocycles. The summed E-state index contributed by atoms with van der Waals surface area (Å²) in [6, 6.07) is 9.62. The summed E-state index contributed by atoms with van der Waals surface area (Å²) in [7, 11) is 0. The highest BCUT2D eigenvalue weighted by Gasteiger charge is 2.03. The molecule has 0 bridgehead atoms. The summed E-state index contributed by atoms with van der Waals surface area (Å²) >= 11 is 0. The van der Waals surface area contributed by atoms with Crippen molar-refractivity contribution in [2.75, 3.05) is 18.5 Å². The second-order valence-electron chi connectivity index (χ2n) is 3.30. The Morgan fingerprint density at radius 3 is 2.87 bits per heavy atom. The molecule has 0 amide bonds. The van der Waals surface area contributed by atoms with E-state index < -0.39 is 0 Å². The highest BCUT2D eigenvalue weighted by Crippen LogP contribution is 2.13. The van der Waals surface area contributed by atoms with E-state index in [-0.39, 0.29) is 6.10 Å². The molecule has 1 rings (SSSR count). The third-order valence-electron chi connectivity index (χ3n) is 2.08. The molecular weight excluding hydrogens is 188 g/mol. The monoisotopic (exact) mass is 204 g/mol. The molecule has 1 atom stereocenters. The second kappa shape index (κ2) is 6.05. The van der Waals surface area contributed by atoms with Crippen LogP contribution in [0.15, 0.2) is 24.3 Å². The topological polar surface area (TPSA) is 45.0 Å². The summed E-state index contributed by atoms with van der Waals surface area (Å²) in [5.74, 6) is 0. The summed E-state index contributed by atoms with van der Waals surface area (Å²) in [4.78, 5) is 0. The van der Waals surface area contributed by atoms with E-state index in [1.807, 2.05) is 32.0 Å². The van der Waals surface area contributed by atoms with Crippen LogP contribution >= 0.6 is 0 Å². The Labute approximate surface area is 90.7 Å². The van der Waals surface area contributed by atoms with Crippen molar-refractivity contribution in [3.05, 3.63) is 29.8 Å². The van der Waals surface area contributed by atoms with Crippen LogP contribution < -0.4 is 5.32 Å². The average molecular weight is 204 g/mol. The molecule has 1 N–H and O–H groups in total. The van der Waals surface area contributed by atoms with Gasteiger partial charge in [-0.15, -0.1) is 0 Å². The Hall–Kier alpha value is -1.53. The van der Waals surface area contributed by atoms with Gasteiger partial charge < -0.3 is 10.1 Å². The molecule has 0 aliphatic rings. The lowest BCUT2D eigenvalue weighted by molar-refractivity contribution is 0.0855. The van der Waals surface area contributed by atoms with Gasteiger partial charge in [-0.3, -0.25) is 0 Å². The quantitative estimate of drug-likeness (QED) is 0.801. The number of para-hydroxylation sites is 1. The molecule has 0 heterocycles. The highest BCUT2D eigenvalue weighted by atomic mass is 16.5. The fourth-order valence-electron chi connectivity index (χ4n) is 1.33. The first-order valence-corrected chi connectivity index (χ1v) is 5.12. The second-order valence-corrected chi connectivity index (χ2v) is 3.30. The number of nitriles is 1. The molecule has 0 fully saturated rings. The van der Waals surface area contributed by atoms with Crippen molar-refractivity contribution in [3.63, 3.8) is 0 Å². The van der Waals surface area contributed by atoms with Gasteiger partial charge >= 0.3 is 0 Å². The van der Waals surface area contributed by atoms with Gasteiger partial charge in [-0.1, -0.05) is 12.1 Å². The van der Waals surface area contributed by atoms with Crippen LogP contribution in [-0.2, 0) is 4.74 Å². The van der Waals surface area contributed by atoms with E-state index >= 15 is 0 Å². The lowest BCUT2D eigenvalue weighted by Gasteiger charge is -2.14. The van der Waals surface area contributed by atoms with E-state index in [2.05, 4.69) is 11.4 Å². The first-order valence-electron chi connectivity index (χ1n) is 5.12. The van der Waals surface area contributed by atoms with Gasteiger partial charge in [0.2, 0.25) is 0 Å². The SMILES string of the molecule is CCOC(C)CNc1ccccc1C#N. The van der Waals surface area contributed by atoms with Gasteiger partial charge in [0, 0.05) is 13.2 Å². The van der Waals surface area contributed by atoms with Crippen LogP contribution in [0.4, 0.5) is 5.69 Å². The molecule has 0 aromatic heterocycles. The molecule has 80 valence electrons. The van der Waals surface area contributed by atoms with Crippen LogP contribution in [0.3, 0.4) is 0 Å². The van der Waals surface area contributed by atoms with Crippen LogP contribution in [0, 0.1) is 11.3 Å². The van der Waals surface area contributed by atoms with Crippen molar-refractivity contribution in [1.29, 1.82) is 5.26 Å². The fraction of sp³-hybridized carbons (Fsp3) is 0.417. The smallest absolute Gasteiger partial charge is 0.101 e. The normalized spacial score (nSPS) is 11.8. The third kappa shape index (κ3) is 3.61. The molecule has 0 saturated heterocycles. The Morgan fingerprint density at radius 2 is 2.20 bits per heavy atom. The fourth-order valence-corrected chi connectivity index (χ4v) is 1.33. The Bertz CT molecular complexity index is 344. The highest BCUT2D eigenvalue weighted by molar-refractivity contribution is 5.57. The molecule has 1 aromatic rings. The first kappa shape index (κ1) is 11.5. The zero-order valence-corrected chi connectivity index (χ0v) is 9.16. The molecule has 0 spiro atoms. The zero-order valence-electron chi connectivity index (χ0n) is 9.16. The number of nitrogens with zero attached hydrogens (tertiary/aromatic N) is 1. The number of hydrogen-bond donors (Lipinski definition) is 1. The van der Waals surface area contributed by atoms with Gasteiger partial charge in [-0.25, -0.2) is 0 Å². The Kier molecular flexibility index (Phi) is 4.65. The number of ether oxygens (including phenoxy) is 1. The standard InChI is InChI=1S/C12H16N2O/c1-3-15-10(2)9-14-12-7-5-4-6-11(12)8-13/h4-7,10,14H,3,9H2,1-2H3. The van der Waals surface area contributed by atoms with E-state index in [9.17, 15) is 0 Å². The third-order valence-corrected chi connectivity index (χ3v) is 2.08. The van der Waals surface area contributed by atoms with Gasteiger partial charge in [0.25, 0.3) is 0 Å². The predicted octanol–water partition coefficient (Wildman–Crippen LogP) is 2.40. The van der Waals surface area contributed by atoms with Gasteiger partial charge in [0.05, 0.1) is 17.4 Å². The largest absolute Gasteiger partial charge is 0.381 e. The van der Waals surface area contributed by atoms with Gasteiger partial charge in [-0.05, 0) is 26.0 Å². The van der Waals surface area contributed by atoms with Gasteiger partial charge in [-0.2, -0.15) is 5.26 Å². The van der Waals surface area contributed by atoms with Crippen LogP contribution in [-0.4, -0.2) is 19.3 Å². The first-order chi connectivity index (χ1) is 7.27. The van der Waals surface area contributed by atoms with Crippen molar-refractivity contribution in [2.24, 2.45) is 0 Å². The number of benzene rings is 1. The molecule has 15 heavy (non-hydrogen) atoms. The van der Waals surface area contributed by atoms with Gasteiger partial charge in [0.1, 0.15) is 6.07 Å². The van der Waals surface area contributed by atoms with Crippen LogP contribution in [0.1, 0.15) is 19.4 Å². The Morgan fingerprint density at radius 1 is 1.47 bits per heavy atom. The molecule has 1 aromatic carbocycles. The van der Waals surface area contributed by atoms with Gasteiger partial charge in [0.15, 0.2) is 0 Å². The molecule has 0 saturated carbocycles. The van der Waals surface area contributed by atoms with Crippen LogP contribution in [0.25, 0.3) is 0 Å². The molecule has 1 unspecified atom stereocenters. The maximum atomic E-state index is 8.87. The Balaban J connectivity index is 2.54. The van der Waals surface area contributed by atoms with Crippen LogP contribution in [0.2, 0.25) is 0 Å². The summed E-state index contributed by atoms with van der Waals surface area (Å²) in [5.41, 5.74) is 1.53. The molecular formula is C12H16N2O. The van der Waals surface area contributed by atoms with Crippen LogP contribution in [0.5, 0.6) is 0 Å². The van der Waals surface area contributed by atoms with E-state index in [1.54, 1.807) is 6.07 Å². The summed E-state index contributed by atoms with van der Waals surface area (Å²) in [6.07, 6.45) is 0.154. The lowest BCUT2D eigenvalue weighted by atomic mass is 10.2. The van der Waals surface area contributed by atoms with Crippen molar-refractivity contribution in [2.45, 2.75) is 20.0 Å². The molecule has 0 radical (unpaired) electrons. The number of rotatable bonds is 5. The average Bonchev–Trinajstić information content (AvgIpc) is 2.27. The van der Waals surface area contributed by atoms with Crippen molar-refractivity contribution in [3.8, 4) is 6.07 Å². The van der Waals surface area contributed by atoms with E-state index in [4.69, 9.17) is 10.00 Å². The maximum absolute atomic E-state index is 8.87. The summed E-state index contributed by atoms with van der Waals surface area (Å²) < 4.78 is 5.39. The maximum Gasteiger partial charge on any atom is 0.101 e. The zero-order chi connectivity index (χ0) is 11.1. The molecule has 3 nitrogen and oxygen atoms in total. The summed E-state index contributed by atoms with van der Waals surface area (Å²) in [5, 5.41) is 12.1. The molecule has 3 heteroatoms. The number of hydrogen-bond acceptors (Lipinski definition) is 3. The van der Waals surface area contributed by atoms with E-state index in [0.29, 0.717) is 18.7 Å². The number of anilines is 1. The minimum atomic E-state index is 0.154. The van der Waals surface area contributed by atoms with Crippen molar-refractivity contribution < 1.29 is 4.74 Å². The lowest BCUT2D eigenvalue weighted by Crippen LogP contribution is -2.20. The molecule has 0 aliphatic heterocycles. The van der Waals surface area contributed by atoms with Crippen molar-refractivity contribution in [1.82, 2.24) is 0 Å². The van der Waals surface area contributed by atoms with Crippen molar-refractivity contribution >= 4 is 5.69 Å². The predicted molar refractivity (Wildman–Crippen MR) is 60.7 cm³/mol. The minimum absolute atomic E-state index is 0.154. The minimum Gasteiger partial charge on any atom is -0.381 e.